The number of hydrogen-bond acceptors (Lipinski definition) is 4. The van der Waals surface area contributed by atoms with Crippen LogP contribution in [-0.4, -0.2) is 36.6 Å². The van der Waals surface area contributed by atoms with Gasteiger partial charge in [0.1, 0.15) is 0 Å². The summed E-state index contributed by atoms with van der Waals surface area (Å²) in [6.07, 6.45) is 1.29. The van der Waals surface area contributed by atoms with E-state index in [1.165, 1.54) is 0 Å². The highest BCUT2D eigenvalue weighted by molar-refractivity contribution is 6.87. The van der Waals surface area contributed by atoms with E-state index in [4.69, 9.17) is 4.84 Å². The Hall–Kier alpha value is -1.66. The first-order valence-corrected chi connectivity index (χ1v) is 10.7. The van der Waals surface area contributed by atoms with Gasteiger partial charge in [0.05, 0.1) is 13.0 Å². The van der Waals surface area contributed by atoms with Crippen molar-refractivity contribution in [3.05, 3.63) is 29.8 Å². The van der Waals surface area contributed by atoms with Crippen LogP contribution in [0.2, 0.25) is 11.1 Å². The smallest absolute Gasteiger partial charge is 0.336 e. The van der Waals surface area contributed by atoms with Gasteiger partial charge in [0.2, 0.25) is 8.32 Å². The van der Waals surface area contributed by atoms with Crippen molar-refractivity contribution in [1.82, 2.24) is 5.06 Å². The second-order valence-electron chi connectivity index (χ2n) is 7.07. The molecule has 1 aliphatic heterocycles. The fourth-order valence-electron chi connectivity index (χ4n) is 3.26. The molecule has 2 rings (SSSR count). The number of hydrogen-bond donors (Lipinski definition) is 1. The lowest BCUT2D eigenvalue weighted by Crippen LogP contribution is -2.53. The van der Waals surface area contributed by atoms with E-state index in [1.54, 1.807) is 0 Å². The summed E-state index contributed by atoms with van der Waals surface area (Å²) in [4.78, 5) is 39.7. The molecule has 1 fully saturated rings. The molecule has 6 heteroatoms. The van der Waals surface area contributed by atoms with Crippen molar-refractivity contribution in [3.63, 3.8) is 0 Å². The van der Waals surface area contributed by atoms with Gasteiger partial charge < -0.3 is 9.63 Å². The molecule has 0 atom stereocenters. The van der Waals surface area contributed by atoms with Crippen molar-refractivity contribution in [2.75, 3.05) is 6.54 Å². The summed E-state index contributed by atoms with van der Waals surface area (Å²) in [5, 5.41) is 2.14. The maximum atomic E-state index is 12.0. The quantitative estimate of drug-likeness (QED) is 0.800. The number of benzene rings is 1. The van der Waals surface area contributed by atoms with Gasteiger partial charge in [-0.3, -0.25) is 4.79 Å². The lowest BCUT2D eigenvalue weighted by atomic mass is 10.1. The fourth-order valence-corrected chi connectivity index (χ4v) is 6.63. The molecule has 1 amide bonds. The summed E-state index contributed by atoms with van der Waals surface area (Å²) in [6.45, 7) is 8.72. The van der Waals surface area contributed by atoms with Crippen molar-refractivity contribution < 1.29 is 19.2 Å². The van der Waals surface area contributed by atoms with Crippen LogP contribution in [0.4, 0.5) is 0 Å². The zero-order valence-electron chi connectivity index (χ0n) is 14.9. The lowest BCUT2D eigenvalue weighted by Gasteiger charge is -2.33. The zero-order chi connectivity index (χ0) is 17.9. The molecule has 0 unspecified atom stereocenters. The summed E-state index contributed by atoms with van der Waals surface area (Å²) < 4.78 is 0. The maximum absolute atomic E-state index is 12.0. The molecule has 1 heterocycles. The third-order valence-corrected chi connectivity index (χ3v) is 9.55. The standard InChI is InChI=1S/C18H27NO4Si/c1-13(2)24(22,14(3)4)16-9-7-15(8-10-16)12-18(21)23-19-11-5-6-17(19)20/h7-10,13-14,22H,5-6,11-12H2,1-4H3. The van der Waals surface area contributed by atoms with E-state index in [9.17, 15) is 14.4 Å². The molecule has 0 radical (unpaired) electrons. The van der Waals surface area contributed by atoms with Gasteiger partial charge in [0, 0.05) is 6.42 Å². The van der Waals surface area contributed by atoms with Crippen LogP contribution in [0.15, 0.2) is 24.3 Å². The van der Waals surface area contributed by atoms with Gasteiger partial charge in [-0.05, 0) is 28.3 Å². The van der Waals surface area contributed by atoms with Gasteiger partial charge in [0.15, 0.2) is 0 Å². The zero-order valence-corrected chi connectivity index (χ0v) is 15.9. The minimum absolute atomic E-state index is 0.118. The van der Waals surface area contributed by atoms with E-state index in [0.717, 1.165) is 22.2 Å². The molecule has 132 valence electrons. The summed E-state index contributed by atoms with van der Waals surface area (Å²) >= 11 is 0. The molecule has 0 saturated carbocycles. The van der Waals surface area contributed by atoms with Gasteiger partial charge in [0.25, 0.3) is 5.91 Å². The number of hydroxylamine groups is 2. The normalized spacial score (nSPS) is 15.5. The van der Waals surface area contributed by atoms with Crippen molar-refractivity contribution in [2.45, 2.75) is 58.0 Å². The monoisotopic (exact) mass is 349 g/mol. The molecular weight excluding hydrogens is 322 g/mol. The number of amides is 1. The van der Waals surface area contributed by atoms with Crippen LogP contribution in [-0.2, 0) is 20.8 Å². The Balaban J connectivity index is 2.04. The van der Waals surface area contributed by atoms with Crippen LogP contribution < -0.4 is 5.19 Å². The number of nitrogens with zero attached hydrogens (tertiary/aromatic N) is 1. The second kappa shape index (κ2) is 7.48. The number of carbonyl (C=O) groups is 2. The van der Waals surface area contributed by atoms with Crippen LogP contribution in [0, 0.1) is 0 Å². The Morgan fingerprint density at radius 2 is 1.79 bits per heavy atom. The fraction of sp³-hybridized carbons (Fsp3) is 0.556. The molecule has 0 aliphatic carbocycles. The SMILES string of the molecule is CC(C)[Si](O)(c1ccc(CC(=O)ON2CCCC2=O)cc1)C(C)C. The predicted molar refractivity (Wildman–Crippen MR) is 95.0 cm³/mol. The van der Waals surface area contributed by atoms with Crippen molar-refractivity contribution in [3.8, 4) is 0 Å². The molecule has 1 saturated heterocycles. The van der Waals surface area contributed by atoms with Crippen LogP contribution in [0.5, 0.6) is 0 Å². The molecule has 0 spiro atoms. The van der Waals surface area contributed by atoms with E-state index in [1.807, 2.05) is 24.3 Å². The van der Waals surface area contributed by atoms with Gasteiger partial charge >= 0.3 is 5.97 Å². The second-order valence-corrected chi connectivity index (χ2v) is 11.6. The molecule has 1 aliphatic rings. The Morgan fingerprint density at radius 1 is 1.21 bits per heavy atom. The highest BCUT2D eigenvalue weighted by Gasteiger charge is 2.40. The Kier molecular flexibility index (Phi) is 5.82. The highest BCUT2D eigenvalue weighted by atomic mass is 28.4. The van der Waals surface area contributed by atoms with Gasteiger partial charge in [-0.1, -0.05) is 52.0 Å². The topological polar surface area (TPSA) is 66.8 Å². The average Bonchev–Trinajstić information content (AvgIpc) is 2.91. The number of rotatable bonds is 6. The molecule has 0 bridgehead atoms. The minimum Gasteiger partial charge on any atom is -0.427 e. The lowest BCUT2D eigenvalue weighted by molar-refractivity contribution is -0.192. The molecule has 1 N–H and O–H groups in total. The number of carbonyl (C=O) groups excluding carboxylic acids is 2. The van der Waals surface area contributed by atoms with Crippen molar-refractivity contribution in [2.24, 2.45) is 0 Å². The van der Waals surface area contributed by atoms with Crippen molar-refractivity contribution in [1.29, 1.82) is 0 Å². The van der Waals surface area contributed by atoms with Crippen LogP contribution in [0.25, 0.3) is 0 Å². The summed E-state index contributed by atoms with van der Waals surface area (Å²) in [5.74, 6) is -0.568. The van der Waals surface area contributed by atoms with Gasteiger partial charge in [-0.2, -0.15) is 5.06 Å². The molecular formula is C18H27NO4Si. The van der Waals surface area contributed by atoms with E-state index in [0.29, 0.717) is 13.0 Å². The first-order chi connectivity index (χ1) is 11.2. The Labute approximate surface area is 144 Å². The first-order valence-electron chi connectivity index (χ1n) is 8.58. The predicted octanol–water partition coefficient (Wildman–Crippen LogP) is 2.27. The highest BCUT2D eigenvalue weighted by Crippen LogP contribution is 2.29. The largest absolute Gasteiger partial charge is 0.427 e. The van der Waals surface area contributed by atoms with Crippen molar-refractivity contribution >= 4 is 25.4 Å². The molecule has 1 aromatic carbocycles. The summed E-state index contributed by atoms with van der Waals surface area (Å²) in [7, 11) is -2.55. The molecule has 0 aromatic heterocycles. The molecule has 5 nitrogen and oxygen atoms in total. The van der Waals surface area contributed by atoms with E-state index in [2.05, 4.69) is 27.7 Å². The van der Waals surface area contributed by atoms with E-state index in [-0.39, 0.29) is 23.4 Å². The van der Waals surface area contributed by atoms with Gasteiger partial charge in [-0.15, -0.1) is 0 Å². The van der Waals surface area contributed by atoms with Crippen LogP contribution in [0.3, 0.4) is 0 Å². The Bertz CT molecular complexity index is 590. The minimum atomic E-state index is -2.55. The van der Waals surface area contributed by atoms with E-state index >= 15 is 0 Å². The van der Waals surface area contributed by atoms with Crippen LogP contribution in [0.1, 0.15) is 46.1 Å². The Morgan fingerprint density at radius 3 is 2.25 bits per heavy atom. The molecule has 1 aromatic rings. The maximum Gasteiger partial charge on any atom is 0.336 e. The average molecular weight is 350 g/mol. The first kappa shape index (κ1) is 18.7. The van der Waals surface area contributed by atoms with Crippen LogP contribution >= 0.6 is 0 Å². The van der Waals surface area contributed by atoms with Gasteiger partial charge in [-0.25, -0.2) is 4.79 Å². The summed E-state index contributed by atoms with van der Waals surface area (Å²) in [5.41, 5.74) is 1.25. The summed E-state index contributed by atoms with van der Waals surface area (Å²) in [6, 6.07) is 7.59. The third kappa shape index (κ3) is 3.87. The third-order valence-electron chi connectivity index (χ3n) is 4.77. The molecule has 24 heavy (non-hydrogen) atoms. The van der Waals surface area contributed by atoms with E-state index < -0.39 is 14.3 Å².